The first-order valence-corrected chi connectivity index (χ1v) is 9.73. The number of hydrogen-bond donors (Lipinski definition) is 2. The van der Waals surface area contributed by atoms with Crippen molar-refractivity contribution in [3.63, 3.8) is 0 Å². The van der Waals surface area contributed by atoms with Gasteiger partial charge >= 0.3 is 12.0 Å². The first-order chi connectivity index (χ1) is 13.9. The molecule has 2 aromatic rings. The molecule has 1 aromatic carbocycles. The minimum Gasteiger partial charge on any atom is -0.424 e. The van der Waals surface area contributed by atoms with E-state index in [1.165, 1.54) is 12.4 Å². The number of aryl methyl sites for hydroxylation is 1. The zero-order chi connectivity index (χ0) is 20.8. The van der Waals surface area contributed by atoms with E-state index < -0.39 is 6.03 Å². The average Bonchev–Trinajstić information content (AvgIpc) is 2.71. The lowest BCUT2D eigenvalue weighted by Gasteiger charge is -2.26. The maximum atomic E-state index is 12.3. The lowest BCUT2D eigenvalue weighted by atomic mass is 9.87. The van der Waals surface area contributed by atoms with E-state index in [2.05, 4.69) is 20.6 Å². The van der Waals surface area contributed by atoms with Crippen LogP contribution in [0, 0.1) is 12.8 Å². The number of hydrogen-bond acceptors (Lipinski definition) is 6. The van der Waals surface area contributed by atoms with Gasteiger partial charge in [0.25, 0.3) is 0 Å². The molecule has 1 aliphatic rings. The Bertz CT molecular complexity index is 867. The van der Waals surface area contributed by atoms with Crippen LogP contribution in [0.3, 0.4) is 0 Å². The van der Waals surface area contributed by atoms with Gasteiger partial charge in [-0.15, -0.1) is 0 Å². The smallest absolute Gasteiger partial charge is 0.325 e. The number of imide groups is 1. The summed E-state index contributed by atoms with van der Waals surface area (Å²) < 4.78 is 10.9. The van der Waals surface area contributed by atoms with Crippen molar-refractivity contribution in [2.24, 2.45) is 5.92 Å². The maximum absolute atomic E-state index is 12.3. The second kappa shape index (κ2) is 9.67. The van der Waals surface area contributed by atoms with E-state index in [1.54, 1.807) is 25.3 Å². The number of carbonyl (C=O) groups is 2. The minimum absolute atomic E-state index is 0.163. The van der Waals surface area contributed by atoms with Crippen molar-refractivity contribution >= 4 is 29.2 Å². The van der Waals surface area contributed by atoms with Crippen LogP contribution in [0.1, 0.15) is 31.2 Å². The fraction of sp³-hybridized carbons (Fsp3) is 0.400. The highest BCUT2D eigenvalue weighted by molar-refractivity contribution is 6.30. The van der Waals surface area contributed by atoms with Gasteiger partial charge in [0.15, 0.2) is 0 Å². The van der Waals surface area contributed by atoms with E-state index in [1.807, 2.05) is 6.92 Å². The van der Waals surface area contributed by atoms with E-state index in [9.17, 15) is 9.59 Å². The maximum Gasteiger partial charge on any atom is 0.325 e. The molecule has 1 saturated carbocycles. The number of nitrogens with one attached hydrogen (secondary N) is 2. The molecule has 0 atom stereocenters. The first kappa shape index (κ1) is 21.0. The van der Waals surface area contributed by atoms with Crippen LogP contribution >= 0.6 is 11.6 Å². The van der Waals surface area contributed by atoms with Crippen LogP contribution in [0.4, 0.5) is 10.5 Å². The number of methoxy groups -OCH3 is 1. The Morgan fingerprint density at radius 1 is 1.14 bits per heavy atom. The Labute approximate surface area is 174 Å². The third kappa shape index (κ3) is 5.88. The molecule has 3 amide bonds. The number of aromatic nitrogens is 2. The summed E-state index contributed by atoms with van der Waals surface area (Å²) >= 11 is 5.76. The Kier molecular flexibility index (Phi) is 7.00. The second-order valence-electron chi connectivity index (χ2n) is 6.92. The largest absolute Gasteiger partial charge is 0.424 e. The lowest BCUT2D eigenvalue weighted by Crippen LogP contribution is -2.40. The SMILES string of the molecule is COC1CCC(C(=O)NC(=O)Nc2ccc(Oc3ncc(Cl)cn3)c(C)c2)CC1. The van der Waals surface area contributed by atoms with Crippen molar-refractivity contribution in [1.29, 1.82) is 0 Å². The molecule has 1 heterocycles. The Morgan fingerprint density at radius 2 is 1.83 bits per heavy atom. The van der Waals surface area contributed by atoms with Crippen molar-refractivity contribution in [3.8, 4) is 11.8 Å². The van der Waals surface area contributed by atoms with Gasteiger partial charge in [-0.2, -0.15) is 0 Å². The van der Waals surface area contributed by atoms with Gasteiger partial charge < -0.3 is 14.8 Å². The monoisotopic (exact) mass is 418 g/mol. The molecule has 0 spiro atoms. The minimum atomic E-state index is -0.557. The van der Waals surface area contributed by atoms with Crippen LogP contribution in [-0.4, -0.2) is 35.1 Å². The number of rotatable bonds is 5. The fourth-order valence-corrected chi connectivity index (χ4v) is 3.33. The molecule has 1 fully saturated rings. The van der Waals surface area contributed by atoms with Gasteiger partial charge in [0.1, 0.15) is 5.75 Å². The van der Waals surface area contributed by atoms with Gasteiger partial charge in [-0.05, 0) is 56.4 Å². The standard InChI is InChI=1S/C20H23ClN4O4/c1-12-9-15(5-8-17(12)29-20-22-10-14(21)11-23-20)24-19(27)25-18(26)13-3-6-16(28-2)7-4-13/h5,8-11,13,16H,3-4,6-7H2,1-2H3,(H2,24,25,26,27). The predicted octanol–water partition coefficient (Wildman–Crippen LogP) is 4.08. The highest BCUT2D eigenvalue weighted by Crippen LogP contribution is 2.27. The van der Waals surface area contributed by atoms with E-state index in [0.29, 0.717) is 16.5 Å². The normalized spacial score (nSPS) is 18.7. The molecule has 2 N–H and O–H groups in total. The van der Waals surface area contributed by atoms with E-state index >= 15 is 0 Å². The number of halogens is 1. The topological polar surface area (TPSA) is 102 Å². The van der Waals surface area contributed by atoms with Crippen LogP contribution < -0.4 is 15.4 Å². The zero-order valence-corrected chi connectivity index (χ0v) is 17.0. The quantitative estimate of drug-likeness (QED) is 0.758. The molecule has 154 valence electrons. The van der Waals surface area contributed by atoms with Crippen LogP contribution in [0.25, 0.3) is 0 Å². The molecule has 1 aromatic heterocycles. The van der Waals surface area contributed by atoms with E-state index in [0.717, 1.165) is 31.2 Å². The molecule has 1 aliphatic carbocycles. The van der Waals surface area contributed by atoms with Gasteiger partial charge in [-0.1, -0.05) is 11.6 Å². The van der Waals surface area contributed by atoms with Crippen LogP contribution in [0.2, 0.25) is 5.02 Å². The summed E-state index contributed by atoms with van der Waals surface area (Å²) in [5.41, 5.74) is 1.31. The van der Waals surface area contributed by atoms with Crippen molar-refractivity contribution in [2.45, 2.75) is 38.7 Å². The van der Waals surface area contributed by atoms with Gasteiger partial charge in [0.2, 0.25) is 5.91 Å². The number of carbonyl (C=O) groups excluding carboxylic acids is 2. The number of amides is 3. The lowest BCUT2D eigenvalue weighted by molar-refractivity contribution is -0.125. The van der Waals surface area contributed by atoms with Crippen LogP contribution in [0.15, 0.2) is 30.6 Å². The number of urea groups is 1. The summed E-state index contributed by atoms with van der Waals surface area (Å²) in [5, 5.41) is 5.51. The van der Waals surface area contributed by atoms with E-state index in [4.69, 9.17) is 21.1 Å². The molecule has 8 nitrogen and oxygen atoms in total. The van der Waals surface area contributed by atoms with Crippen molar-refractivity contribution in [2.75, 3.05) is 12.4 Å². The highest BCUT2D eigenvalue weighted by atomic mass is 35.5. The molecule has 0 radical (unpaired) electrons. The van der Waals surface area contributed by atoms with Crippen LogP contribution in [0.5, 0.6) is 11.8 Å². The first-order valence-electron chi connectivity index (χ1n) is 9.35. The molecule has 29 heavy (non-hydrogen) atoms. The molecular formula is C20H23ClN4O4. The summed E-state index contributed by atoms with van der Waals surface area (Å²) in [6, 6.07) is 4.71. The summed E-state index contributed by atoms with van der Waals surface area (Å²) in [6.45, 7) is 1.83. The number of anilines is 1. The number of nitrogens with zero attached hydrogens (tertiary/aromatic N) is 2. The van der Waals surface area contributed by atoms with Gasteiger partial charge in [-0.25, -0.2) is 14.8 Å². The molecule has 3 rings (SSSR count). The molecule has 0 bridgehead atoms. The summed E-state index contributed by atoms with van der Waals surface area (Å²) in [7, 11) is 1.68. The highest BCUT2D eigenvalue weighted by Gasteiger charge is 2.27. The molecule has 0 unspecified atom stereocenters. The second-order valence-corrected chi connectivity index (χ2v) is 7.36. The Hall–Kier alpha value is -2.71. The van der Waals surface area contributed by atoms with Crippen LogP contribution in [-0.2, 0) is 9.53 Å². The number of ether oxygens (including phenoxy) is 2. The number of benzene rings is 1. The summed E-state index contributed by atoms with van der Waals surface area (Å²) in [5.74, 6) is 0.127. The Balaban J connectivity index is 1.53. The van der Waals surface area contributed by atoms with Gasteiger partial charge in [0.05, 0.1) is 23.5 Å². The predicted molar refractivity (Wildman–Crippen MR) is 108 cm³/mol. The summed E-state index contributed by atoms with van der Waals surface area (Å²) in [4.78, 5) is 32.4. The molecule has 0 aliphatic heterocycles. The molecule has 0 saturated heterocycles. The Morgan fingerprint density at radius 3 is 2.45 bits per heavy atom. The van der Waals surface area contributed by atoms with E-state index in [-0.39, 0.29) is 23.9 Å². The third-order valence-electron chi connectivity index (χ3n) is 4.85. The third-order valence-corrected chi connectivity index (χ3v) is 5.04. The average molecular weight is 419 g/mol. The van der Waals surface area contributed by atoms with Crippen molar-refractivity contribution in [1.82, 2.24) is 15.3 Å². The fourth-order valence-electron chi connectivity index (χ4n) is 3.23. The van der Waals surface area contributed by atoms with Crippen molar-refractivity contribution < 1.29 is 19.1 Å². The molecular weight excluding hydrogens is 396 g/mol. The van der Waals surface area contributed by atoms with Crippen molar-refractivity contribution in [3.05, 3.63) is 41.2 Å². The summed E-state index contributed by atoms with van der Waals surface area (Å²) in [6.07, 6.45) is 6.18. The molecule has 9 heteroatoms. The zero-order valence-electron chi connectivity index (χ0n) is 16.3. The van der Waals surface area contributed by atoms with Gasteiger partial charge in [-0.3, -0.25) is 10.1 Å². The van der Waals surface area contributed by atoms with Gasteiger partial charge in [0, 0.05) is 18.7 Å².